The summed E-state index contributed by atoms with van der Waals surface area (Å²) in [5.41, 5.74) is 2.09. The molecular formula is C20H25ClN2O3S. The highest BCUT2D eigenvalue weighted by atomic mass is 35.5. The number of rotatable bonds is 7. The Morgan fingerprint density at radius 2 is 1.81 bits per heavy atom. The Balaban J connectivity index is 2.38. The molecule has 0 aliphatic carbocycles. The van der Waals surface area contributed by atoms with Crippen molar-refractivity contribution in [3.63, 3.8) is 0 Å². The average Bonchev–Trinajstić information content (AvgIpc) is 2.61. The zero-order valence-electron chi connectivity index (χ0n) is 15.9. The number of carbonyl (C=O) groups excluding carboxylic acids is 1. The van der Waals surface area contributed by atoms with Gasteiger partial charge >= 0.3 is 0 Å². The van der Waals surface area contributed by atoms with Gasteiger partial charge in [0, 0.05) is 5.02 Å². The summed E-state index contributed by atoms with van der Waals surface area (Å²) >= 11 is 6.08. The number of sulfonamides is 1. The molecule has 1 unspecified atom stereocenters. The van der Waals surface area contributed by atoms with Crippen LogP contribution in [0.5, 0.6) is 0 Å². The quantitative estimate of drug-likeness (QED) is 0.750. The SMILES string of the molecule is CCC(C(=O)N[C@@H](C)c1ccccc1)N(c1cc(Cl)ccc1C)S(C)(=O)=O. The van der Waals surface area contributed by atoms with Crippen LogP contribution in [0.25, 0.3) is 0 Å². The molecule has 0 heterocycles. The summed E-state index contributed by atoms with van der Waals surface area (Å²) in [5, 5.41) is 3.34. The van der Waals surface area contributed by atoms with Crippen LogP contribution in [-0.2, 0) is 14.8 Å². The molecule has 7 heteroatoms. The van der Waals surface area contributed by atoms with Gasteiger partial charge in [0.2, 0.25) is 15.9 Å². The maximum atomic E-state index is 13.0. The van der Waals surface area contributed by atoms with Crippen molar-refractivity contribution in [2.45, 2.75) is 39.3 Å². The number of anilines is 1. The summed E-state index contributed by atoms with van der Waals surface area (Å²) in [4.78, 5) is 13.0. The van der Waals surface area contributed by atoms with Crippen LogP contribution in [0.3, 0.4) is 0 Å². The molecule has 2 aromatic carbocycles. The third-order valence-electron chi connectivity index (χ3n) is 4.40. The number of halogens is 1. The molecular weight excluding hydrogens is 384 g/mol. The Morgan fingerprint density at radius 1 is 1.19 bits per heavy atom. The Kier molecular flexibility index (Phi) is 6.89. The summed E-state index contributed by atoms with van der Waals surface area (Å²) in [6.07, 6.45) is 1.43. The van der Waals surface area contributed by atoms with Crippen LogP contribution in [0.2, 0.25) is 5.02 Å². The molecule has 2 atom stereocenters. The third-order valence-corrected chi connectivity index (χ3v) is 5.80. The first kappa shape index (κ1) is 21.3. The average molecular weight is 409 g/mol. The predicted octanol–water partition coefficient (Wildman–Crippen LogP) is 4.07. The summed E-state index contributed by atoms with van der Waals surface area (Å²) in [6, 6.07) is 13.4. The second-order valence-corrected chi connectivity index (χ2v) is 8.85. The van der Waals surface area contributed by atoms with E-state index in [9.17, 15) is 13.2 Å². The van der Waals surface area contributed by atoms with Crippen LogP contribution in [0.15, 0.2) is 48.5 Å². The van der Waals surface area contributed by atoms with E-state index in [1.807, 2.05) is 37.3 Å². The molecule has 146 valence electrons. The molecule has 5 nitrogen and oxygen atoms in total. The lowest BCUT2D eigenvalue weighted by atomic mass is 10.1. The Hall–Kier alpha value is -2.05. The smallest absolute Gasteiger partial charge is 0.244 e. The van der Waals surface area contributed by atoms with Crippen LogP contribution in [-0.4, -0.2) is 26.6 Å². The number of benzene rings is 2. The van der Waals surface area contributed by atoms with E-state index in [1.54, 1.807) is 32.0 Å². The zero-order valence-corrected chi connectivity index (χ0v) is 17.5. The van der Waals surface area contributed by atoms with Gasteiger partial charge in [0.25, 0.3) is 0 Å². The van der Waals surface area contributed by atoms with Gasteiger partial charge in [-0.05, 0) is 43.5 Å². The van der Waals surface area contributed by atoms with Gasteiger partial charge in [-0.3, -0.25) is 9.10 Å². The van der Waals surface area contributed by atoms with Gasteiger partial charge in [-0.1, -0.05) is 54.9 Å². The summed E-state index contributed by atoms with van der Waals surface area (Å²) in [5.74, 6) is -0.348. The second kappa shape index (κ2) is 8.76. The molecule has 2 rings (SSSR count). The van der Waals surface area contributed by atoms with Crippen LogP contribution >= 0.6 is 11.6 Å². The number of hydrogen-bond donors (Lipinski definition) is 1. The van der Waals surface area contributed by atoms with Crippen LogP contribution in [0, 0.1) is 6.92 Å². The maximum absolute atomic E-state index is 13.0. The Morgan fingerprint density at radius 3 is 2.37 bits per heavy atom. The summed E-state index contributed by atoms with van der Waals surface area (Å²) < 4.78 is 26.3. The fourth-order valence-electron chi connectivity index (χ4n) is 2.99. The van der Waals surface area contributed by atoms with Gasteiger partial charge in [-0.25, -0.2) is 8.42 Å². The summed E-state index contributed by atoms with van der Waals surface area (Å²) in [7, 11) is -3.70. The highest BCUT2D eigenvalue weighted by molar-refractivity contribution is 7.92. The van der Waals surface area contributed by atoms with Gasteiger partial charge in [-0.15, -0.1) is 0 Å². The zero-order chi connectivity index (χ0) is 20.2. The molecule has 2 aromatic rings. The molecule has 0 bridgehead atoms. The molecule has 1 N–H and O–H groups in total. The highest BCUT2D eigenvalue weighted by Crippen LogP contribution is 2.29. The molecule has 0 aliphatic rings. The monoisotopic (exact) mass is 408 g/mol. The van der Waals surface area contributed by atoms with Crippen molar-refractivity contribution < 1.29 is 13.2 Å². The fraction of sp³-hybridized carbons (Fsp3) is 0.350. The number of hydrogen-bond acceptors (Lipinski definition) is 3. The Bertz CT molecular complexity index is 901. The van der Waals surface area contributed by atoms with Crippen molar-refractivity contribution in [2.24, 2.45) is 0 Å². The van der Waals surface area contributed by atoms with Crippen LogP contribution < -0.4 is 9.62 Å². The molecule has 0 aromatic heterocycles. The van der Waals surface area contributed by atoms with E-state index in [0.717, 1.165) is 17.4 Å². The summed E-state index contributed by atoms with van der Waals surface area (Å²) in [6.45, 7) is 5.45. The number of aryl methyl sites for hydroxylation is 1. The number of nitrogens with one attached hydrogen (secondary N) is 1. The first-order valence-electron chi connectivity index (χ1n) is 8.76. The van der Waals surface area contributed by atoms with E-state index >= 15 is 0 Å². The first-order valence-corrected chi connectivity index (χ1v) is 11.0. The normalized spacial score (nSPS) is 13.7. The molecule has 0 spiro atoms. The molecule has 1 amide bonds. The van der Waals surface area contributed by atoms with E-state index in [1.165, 1.54) is 4.31 Å². The van der Waals surface area contributed by atoms with Gasteiger partial charge in [0.15, 0.2) is 0 Å². The number of amides is 1. The van der Waals surface area contributed by atoms with E-state index in [2.05, 4.69) is 5.32 Å². The second-order valence-electron chi connectivity index (χ2n) is 6.55. The maximum Gasteiger partial charge on any atom is 0.244 e. The van der Waals surface area contributed by atoms with Gasteiger partial charge < -0.3 is 5.32 Å². The highest BCUT2D eigenvalue weighted by Gasteiger charge is 2.33. The van der Waals surface area contributed by atoms with Gasteiger partial charge in [0.1, 0.15) is 6.04 Å². The molecule has 0 fully saturated rings. The van der Waals surface area contributed by atoms with Crippen molar-refractivity contribution in [1.29, 1.82) is 0 Å². The van der Waals surface area contributed by atoms with E-state index in [4.69, 9.17) is 11.6 Å². The molecule has 0 radical (unpaired) electrons. The number of nitrogens with zero attached hydrogens (tertiary/aromatic N) is 1. The van der Waals surface area contributed by atoms with E-state index < -0.39 is 16.1 Å². The minimum absolute atomic E-state index is 0.241. The van der Waals surface area contributed by atoms with Crippen molar-refractivity contribution in [1.82, 2.24) is 5.32 Å². The van der Waals surface area contributed by atoms with Crippen molar-refractivity contribution in [3.8, 4) is 0 Å². The minimum Gasteiger partial charge on any atom is -0.348 e. The fourth-order valence-corrected chi connectivity index (χ4v) is 4.42. The lowest BCUT2D eigenvalue weighted by Gasteiger charge is -2.32. The topological polar surface area (TPSA) is 66.5 Å². The van der Waals surface area contributed by atoms with Gasteiger partial charge in [0.05, 0.1) is 18.0 Å². The van der Waals surface area contributed by atoms with Crippen molar-refractivity contribution in [2.75, 3.05) is 10.6 Å². The van der Waals surface area contributed by atoms with E-state index in [-0.39, 0.29) is 11.9 Å². The largest absolute Gasteiger partial charge is 0.348 e. The van der Waals surface area contributed by atoms with Crippen molar-refractivity contribution >= 4 is 33.2 Å². The minimum atomic E-state index is -3.70. The lowest BCUT2D eigenvalue weighted by Crippen LogP contribution is -2.50. The van der Waals surface area contributed by atoms with Crippen LogP contribution in [0.4, 0.5) is 5.69 Å². The molecule has 0 aliphatic heterocycles. The van der Waals surface area contributed by atoms with Crippen molar-refractivity contribution in [3.05, 3.63) is 64.7 Å². The number of carbonyl (C=O) groups is 1. The molecule has 0 saturated carbocycles. The first-order chi connectivity index (χ1) is 12.6. The molecule has 27 heavy (non-hydrogen) atoms. The third kappa shape index (κ3) is 5.23. The van der Waals surface area contributed by atoms with E-state index in [0.29, 0.717) is 17.1 Å². The van der Waals surface area contributed by atoms with Gasteiger partial charge in [-0.2, -0.15) is 0 Å². The Labute approximate surface area is 166 Å². The van der Waals surface area contributed by atoms with Crippen LogP contribution in [0.1, 0.15) is 37.4 Å². The predicted molar refractivity (Wildman–Crippen MR) is 111 cm³/mol. The molecule has 0 saturated heterocycles. The standard InChI is InChI=1S/C20H25ClN2O3S/c1-5-18(20(24)22-15(3)16-9-7-6-8-10-16)23(27(4,25)26)19-13-17(21)12-11-14(19)2/h6-13,15,18H,5H2,1-4H3,(H,22,24)/t15-,18?/m0/s1. The lowest BCUT2D eigenvalue weighted by molar-refractivity contribution is -0.122.